The fourth-order valence-corrected chi connectivity index (χ4v) is 18.9. The maximum absolute atomic E-state index is 5.20. The molecule has 15 aromatic carbocycles. The van der Waals surface area contributed by atoms with Gasteiger partial charge in [-0.3, -0.25) is 9.97 Å². The van der Waals surface area contributed by atoms with E-state index in [1.54, 1.807) is 22.7 Å². The van der Waals surface area contributed by atoms with Gasteiger partial charge in [0.15, 0.2) is 0 Å². The Bertz CT molecular complexity index is 7170. The van der Waals surface area contributed by atoms with E-state index in [2.05, 4.69) is 378 Å². The number of hydrogen-bond acceptors (Lipinski definition) is 6. The summed E-state index contributed by atoms with van der Waals surface area (Å²) in [5.74, 6) is 1.09. The van der Waals surface area contributed by atoms with Crippen LogP contribution in [0.3, 0.4) is 0 Å². The zero-order chi connectivity index (χ0) is 76.8. The van der Waals surface area contributed by atoms with Crippen molar-refractivity contribution in [2.45, 2.75) is 37.5 Å². The largest absolute Gasteiger partial charge is 2.00 e. The van der Waals surface area contributed by atoms with Crippen LogP contribution in [0.5, 0.6) is 0 Å². The van der Waals surface area contributed by atoms with E-state index < -0.39 is 0 Å². The zero-order valence-electron chi connectivity index (χ0n) is 63.9. The van der Waals surface area contributed by atoms with E-state index in [0.717, 1.165) is 132 Å². The first-order valence-corrected chi connectivity index (χ1v) is 41.3. The van der Waals surface area contributed by atoms with Gasteiger partial charge in [0.05, 0.1) is 11.0 Å². The normalized spacial score (nSPS) is 13.3. The monoisotopic (exact) mass is 1910 g/mol. The van der Waals surface area contributed by atoms with E-state index >= 15 is 0 Å². The van der Waals surface area contributed by atoms with Crippen molar-refractivity contribution in [2.24, 2.45) is 0 Å². The van der Waals surface area contributed by atoms with E-state index in [0.29, 0.717) is 11.8 Å². The number of hydrogen-bond donors (Lipinski definition) is 0. The minimum atomic E-state index is 0. The molecule has 0 atom stereocenters. The minimum Gasteiger partial charge on any atom is -0.346 e. The van der Waals surface area contributed by atoms with Gasteiger partial charge in [-0.25, -0.2) is 0 Å². The van der Waals surface area contributed by atoms with Crippen LogP contribution in [0.1, 0.15) is 48.6 Å². The molecule has 22 rings (SSSR count). The van der Waals surface area contributed by atoms with Crippen LogP contribution in [0, 0.1) is 24.3 Å². The Labute approximate surface area is 722 Å². The maximum Gasteiger partial charge on any atom is 2.00 e. The number of fused-ring (bicyclic) bond motifs is 8. The van der Waals surface area contributed by atoms with Gasteiger partial charge in [0, 0.05) is 42.8 Å². The standard InChI is InChI=1S/C54H39N3S.C54H33N3S.2Pt/c1-3-11-36(12-4-1)38-18-22-40(23-19-38)42-27-29-50-53(35-42)58-54(56-50)43-26-28-48-47-15-7-8-17-51(47)57(52(48)34-43)46-32-44(31-45(33-46)49-16-9-10-30-55-49)41-24-20-39(21-25-41)37-13-5-2-6-14-37;1-3-10-36(11-4-1)38-17-21-40(22-18-38)42-26-29-51-48(33-42)47-28-25-45(35-52(47)57(51)46-15-9-14-44(32-46)49-16-7-8-31-55-49)54-56-50-34-43(27-30-53(50)58-54)41-23-19-39(20-24-41)37-12-5-2-6-13-37;;/h1-19,22-23,26-32,35,39,41H,20-21,24-25H2;1-31,33-34H;;/q2*-2;2*+2. The van der Waals surface area contributed by atoms with Gasteiger partial charge in [0.1, 0.15) is 0 Å². The molecule has 0 N–H and O–H groups in total. The molecule has 6 nitrogen and oxygen atoms in total. The predicted octanol–water partition coefficient (Wildman–Crippen LogP) is 28.9. The molecule has 118 heavy (non-hydrogen) atoms. The average molecular weight is 1910 g/mol. The van der Waals surface area contributed by atoms with Gasteiger partial charge in [-0.1, -0.05) is 272 Å². The van der Waals surface area contributed by atoms with Crippen LogP contribution in [0.15, 0.2) is 376 Å². The molecule has 1 saturated carbocycles. The van der Waals surface area contributed by atoms with Crippen molar-refractivity contribution >= 4 is 86.7 Å². The summed E-state index contributed by atoms with van der Waals surface area (Å²) in [6.45, 7) is 0. The summed E-state index contributed by atoms with van der Waals surface area (Å²) in [4.78, 5) is 19.8. The number of thiazole rings is 2. The molecule has 0 saturated heterocycles. The van der Waals surface area contributed by atoms with Gasteiger partial charge in [0.25, 0.3) is 0 Å². The molecule has 10 heteroatoms. The summed E-state index contributed by atoms with van der Waals surface area (Å²) >= 11 is 3.43. The van der Waals surface area contributed by atoms with E-state index in [4.69, 9.17) is 15.0 Å². The molecule has 1 fully saturated rings. The SMILES string of the molecule is [Pt+2].[Pt+2].[c-]1c(-c2ccccn2)cc(C2CCC(c3ccccc3)CC2)cc1-n1c2[c-]c(-c3nc4ccc(-c5ccc(-c6ccccc6)cc5)cc4s3)ccc2c2ccccc21.[c-]1c(-c2ccccn2)cccc1-n1c2[c-]c(-c3nc4cc(-c5ccc(-c6ccccc6)cc5)ccc4s3)ccc2c2cc(-c3ccc(-c4ccccc4)cc3)ccc21. The van der Waals surface area contributed by atoms with Crippen molar-refractivity contribution in [1.29, 1.82) is 0 Å². The molecule has 0 aliphatic heterocycles. The van der Waals surface area contributed by atoms with Gasteiger partial charge in [0.2, 0.25) is 0 Å². The van der Waals surface area contributed by atoms with Crippen molar-refractivity contribution in [3.8, 4) is 122 Å². The summed E-state index contributed by atoms with van der Waals surface area (Å²) < 4.78 is 6.96. The number of pyridine rings is 2. The molecule has 1 aliphatic carbocycles. The first-order chi connectivity index (χ1) is 57.4. The van der Waals surface area contributed by atoms with Crippen LogP contribution in [-0.2, 0) is 42.1 Å². The van der Waals surface area contributed by atoms with Crippen LogP contribution in [-0.4, -0.2) is 29.1 Å². The second-order valence-electron chi connectivity index (χ2n) is 30.0. The molecule has 21 aromatic rings. The van der Waals surface area contributed by atoms with Crippen LogP contribution in [0.4, 0.5) is 0 Å². The second-order valence-corrected chi connectivity index (χ2v) is 32.0. The van der Waals surface area contributed by atoms with Crippen molar-refractivity contribution in [3.05, 3.63) is 412 Å². The number of nitrogens with zero attached hydrogens (tertiary/aromatic N) is 6. The first kappa shape index (κ1) is 75.4. The van der Waals surface area contributed by atoms with Gasteiger partial charge in [-0.05, 0) is 203 Å². The predicted molar refractivity (Wildman–Crippen MR) is 484 cm³/mol. The fraction of sp³-hybridized carbons (Fsp3) is 0.0556. The van der Waals surface area contributed by atoms with Gasteiger partial charge < -0.3 is 19.1 Å². The van der Waals surface area contributed by atoms with Crippen molar-refractivity contribution < 1.29 is 42.1 Å². The molecule has 0 unspecified atom stereocenters. The maximum atomic E-state index is 5.20. The molecule has 0 spiro atoms. The van der Waals surface area contributed by atoms with E-state index in [-0.39, 0.29) is 42.1 Å². The molecule has 566 valence electrons. The van der Waals surface area contributed by atoms with Crippen LogP contribution in [0.2, 0.25) is 0 Å². The Hall–Kier alpha value is -12.6. The summed E-state index contributed by atoms with van der Waals surface area (Å²) in [5.41, 5.74) is 31.1. The molecule has 1 aliphatic rings. The van der Waals surface area contributed by atoms with Crippen LogP contribution < -0.4 is 0 Å². The van der Waals surface area contributed by atoms with Crippen LogP contribution >= 0.6 is 22.7 Å². The second kappa shape index (κ2) is 33.2. The summed E-state index contributed by atoms with van der Waals surface area (Å²) in [6, 6.07) is 145. The molecule has 6 heterocycles. The number of rotatable bonds is 14. The molecular weight excluding hydrogens is 1840 g/mol. The molecule has 0 radical (unpaired) electrons. The van der Waals surface area contributed by atoms with Gasteiger partial charge in [-0.2, -0.15) is 22.7 Å². The molecule has 0 amide bonds. The van der Waals surface area contributed by atoms with E-state index in [1.807, 2.05) is 36.7 Å². The van der Waals surface area contributed by atoms with Crippen molar-refractivity contribution in [3.63, 3.8) is 0 Å². The fourth-order valence-electron chi connectivity index (χ4n) is 17.0. The zero-order valence-corrected chi connectivity index (χ0v) is 70.1. The van der Waals surface area contributed by atoms with Gasteiger partial charge in [-0.15, -0.1) is 107 Å². The van der Waals surface area contributed by atoms with Crippen molar-refractivity contribution in [1.82, 2.24) is 29.1 Å². The van der Waals surface area contributed by atoms with E-state index in [9.17, 15) is 0 Å². The Kier molecular flexibility index (Phi) is 21.2. The third-order valence-electron chi connectivity index (χ3n) is 23.0. The number of para-hydroxylation sites is 1. The Morgan fingerprint density at radius 1 is 0.263 bits per heavy atom. The number of aromatic nitrogens is 6. The Balaban J connectivity index is 0.000000154. The Morgan fingerprint density at radius 3 is 1.27 bits per heavy atom. The quantitative estimate of drug-likeness (QED) is 0.102. The van der Waals surface area contributed by atoms with E-state index in [1.165, 1.54) is 90.4 Å². The smallest absolute Gasteiger partial charge is 0.346 e. The third-order valence-corrected chi connectivity index (χ3v) is 25.1. The Morgan fingerprint density at radius 2 is 0.695 bits per heavy atom. The summed E-state index contributed by atoms with van der Waals surface area (Å²) in [6.07, 6.45) is 8.41. The summed E-state index contributed by atoms with van der Waals surface area (Å²) in [7, 11) is 0. The molecular formula is C108H72N6Pt2S2. The first-order valence-electron chi connectivity index (χ1n) is 39.7. The minimum absolute atomic E-state index is 0. The van der Waals surface area contributed by atoms with Crippen molar-refractivity contribution in [2.75, 3.05) is 0 Å². The van der Waals surface area contributed by atoms with Gasteiger partial charge >= 0.3 is 42.1 Å². The van der Waals surface area contributed by atoms with Crippen LogP contribution in [0.25, 0.3) is 186 Å². The third kappa shape index (κ3) is 14.9. The summed E-state index contributed by atoms with van der Waals surface area (Å²) in [5, 5.41) is 6.56. The average Bonchev–Trinajstić information content (AvgIpc) is 1.58. The number of benzene rings is 15. The molecule has 0 bridgehead atoms. The topological polar surface area (TPSA) is 61.4 Å². The molecule has 6 aromatic heterocycles.